The summed E-state index contributed by atoms with van der Waals surface area (Å²) < 4.78 is 29.2. The van der Waals surface area contributed by atoms with Crippen LogP contribution in [0.1, 0.15) is 126 Å². The van der Waals surface area contributed by atoms with Crippen molar-refractivity contribution >= 4 is 35.0 Å². The molecular formula is C51H77NO13. The number of hydrogen-bond donors (Lipinski definition) is 2. The van der Waals surface area contributed by atoms with Crippen LogP contribution >= 0.6 is 0 Å². The normalized spacial score (nSPS) is 39.3. The largest absolute Gasteiger partial charge is 0.460 e. The molecule has 4 rings (SSSR count). The Morgan fingerprint density at radius 1 is 0.831 bits per heavy atom. The first-order valence-electron chi connectivity index (χ1n) is 23.8. The molecular weight excluding hydrogens is 835 g/mol. The first-order chi connectivity index (χ1) is 30.7. The number of amides is 1. The zero-order valence-corrected chi connectivity index (χ0v) is 40.5. The number of ketones is 4. The van der Waals surface area contributed by atoms with Crippen molar-refractivity contribution in [1.82, 2.24) is 4.90 Å². The van der Waals surface area contributed by atoms with E-state index in [0.717, 1.165) is 5.57 Å². The van der Waals surface area contributed by atoms with Crippen molar-refractivity contribution in [1.29, 1.82) is 0 Å². The maximum absolute atomic E-state index is 14.3. The number of aliphatic hydroxyl groups is 2. The van der Waals surface area contributed by atoms with Gasteiger partial charge in [-0.2, -0.15) is 0 Å². The van der Waals surface area contributed by atoms with Gasteiger partial charge < -0.3 is 38.8 Å². The molecule has 4 aliphatic rings. The van der Waals surface area contributed by atoms with E-state index in [0.29, 0.717) is 69.8 Å². The van der Waals surface area contributed by atoms with Gasteiger partial charge in [0, 0.05) is 64.9 Å². The number of hydrogen-bond acceptors (Lipinski definition) is 13. The lowest BCUT2D eigenvalue weighted by Crippen LogP contribution is -2.61. The SMILES string of the molecule is CO[C@H]1C[C@@H]2CC[C@@H](C)[C@@](O)(O2)C(=O)C(=O)N2CCCC[C@H]2C(=O)O[C@H]([C@H](C)CC2CCC(=O)[C@H](OC)C2)CC(=O)[C@H](C)/C=C(\C)[C@@H](O)[C@@H](OC)C(=O)[C@H](C)C[C@H](C)\C=C/C=C/C=C/1C. The zero-order chi connectivity index (χ0) is 48.2. The minimum absolute atomic E-state index is 0.0155. The average Bonchev–Trinajstić information content (AvgIpc) is 3.28. The molecule has 0 spiro atoms. The Balaban J connectivity index is 1.70. The molecule has 2 bridgehead atoms. The maximum atomic E-state index is 14.3. The van der Waals surface area contributed by atoms with E-state index in [1.807, 2.05) is 58.1 Å². The van der Waals surface area contributed by atoms with Gasteiger partial charge in [-0.15, -0.1) is 0 Å². The Labute approximate surface area is 386 Å². The quantitative estimate of drug-likeness (QED) is 0.170. The van der Waals surface area contributed by atoms with Gasteiger partial charge in [-0.05, 0) is 101 Å². The fourth-order valence-corrected chi connectivity index (χ4v) is 9.95. The molecule has 0 aromatic rings. The van der Waals surface area contributed by atoms with Crippen LogP contribution in [-0.2, 0) is 52.5 Å². The van der Waals surface area contributed by atoms with Gasteiger partial charge in [0.05, 0.1) is 12.2 Å². The van der Waals surface area contributed by atoms with E-state index in [-0.39, 0.29) is 54.5 Å². The molecule has 1 saturated carbocycles. The van der Waals surface area contributed by atoms with Crippen LogP contribution < -0.4 is 0 Å². The molecule has 1 aliphatic carbocycles. The molecule has 2 N–H and O–H groups in total. The molecule has 1 unspecified atom stereocenters. The number of carbonyl (C=O) groups excluding carboxylic acids is 6. The van der Waals surface area contributed by atoms with Crippen LogP contribution in [0, 0.1) is 35.5 Å². The maximum Gasteiger partial charge on any atom is 0.329 e. The summed E-state index contributed by atoms with van der Waals surface area (Å²) in [5.74, 6) is -8.09. The molecule has 3 fully saturated rings. The third-order valence-electron chi connectivity index (χ3n) is 14.3. The van der Waals surface area contributed by atoms with Crippen LogP contribution in [0.2, 0.25) is 0 Å². The van der Waals surface area contributed by atoms with E-state index in [1.165, 1.54) is 19.1 Å². The molecule has 2 saturated heterocycles. The highest BCUT2D eigenvalue weighted by molar-refractivity contribution is 6.39. The summed E-state index contributed by atoms with van der Waals surface area (Å²) in [4.78, 5) is 84.2. The zero-order valence-electron chi connectivity index (χ0n) is 40.5. The minimum Gasteiger partial charge on any atom is -0.460 e. The van der Waals surface area contributed by atoms with Crippen molar-refractivity contribution < 1.29 is 62.7 Å². The smallest absolute Gasteiger partial charge is 0.329 e. The van der Waals surface area contributed by atoms with Crippen LogP contribution in [-0.4, -0.2) is 126 Å². The number of esters is 1. The molecule has 0 aromatic carbocycles. The molecule has 14 nitrogen and oxygen atoms in total. The number of rotatable bonds is 6. The fourth-order valence-electron chi connectivity index (χ4n) is 9.95. The lowest BCUT2D eigenvalue weighted by Gasteiger charge is -2.42. The summed E-state index contributed by atoms with van der Waals surface area (Å²) in [6, 6.07) is -1.15. The second-order valence-electron chi connectivity index (χ2n) is 19.4. The van der Waals surface area contributed by atoms with E-state index in [4.69, 9.17) is 23.7 Å². The summed E-state index contributed by atoms with van der Waals surface area (Å²) in [5, 5.41) is 23.3. The molecule has 14 heteroatoms. The minimum atomic E-state index is -2.43. The van der Waals surface area contributed by atoms with Crippen molar-refractivity contribution in [3.63, 3.8) is 0 Å². The van der Waals surface area contributed by atoms with Crippen LogP contribution in [0.25, 0.3) is 0 Å². The van der Waals surface area contributed by atoms with Crippen LogP contribution in [0.5, 0.6) is 0 Å². The number of allylic oxidation sites excluding steroid dienone is 6. The second-order valence-corrected chi connectivity index (χ2v) is 19.4. The molecule has 1 amide bonds. The van der Waals surface area contributed by atoms with Crippen LogP contribution in [0.3, 0.4) is 0 Å². The first kappa shape index (κ1) is 54.0. The van der Waals surface area contributed by atoms with Gasteiger partial charge in [0.1, 0.15) is 36.2 Å². The van der Waals surface area contributed by atoms with Gasteiger partial charge >= 0.3 is 5.97 Å². The highest BCUT2D eigenvalue weighted by Gasteiger charge is 2.53. The second kappa shape index (κ2) is 24.9. The topological polar surface area (TPSA) is 192 Å². The van der Waals surface area contributed by atoms with Crippen molar-refractivity contribution in [2.75, 3.05) is 27.9 Å². The molecule has 364 valence electrons. The van der Waals surface area contributed by atoms with Gasteiger partial charge in [0.15, 0.2) is 11.6 Å². The van der Waals surface area contributed by atoms with Crippen LogP contribution in [0.4, 0.5) is 0 Å². The van der Waals surface area contributed by atoms with Crippen molar-refractivity contribution in [3.8, 4) is 0 Å². The lowest BCUT2D eigenvalue weighted by atomic mass is 9.79. The van der Waals surface area contributed by atoms with E-state index in [1.54, 1.807) is 34.0 Å². The predicted molar refractivity (Wildman–Crippen MR) is 244 cm³/mol. The first-order valence-corrected chi connectivity index (χ1v) is 23.8. The molecule has 0 radical (unpaired) electrons. The predicted octanol–water partition coefficient (Wildman–Crippen LogP) is 6.39. The Hall–Kier alpha value is -3.66. The number of cyclic esters (lactones) is 1. The van der Waals surface area contributed by atoms with E-state index in [9.17, 15) is 39.0 Å². The average molecular weight is 912 g/mol. The van der Waals surface area contributed by atoms with E-state index in [2.05, 4.69) is 0 Å². The third-order valence-corrected chi connectivity index (χ3v) is 14.3. The summed E-state index contributed by atoms with van der Waals surface area (Å²) >= 11 is 0. The van der Waals surface area contributed by atoms with E-state index >= 15 is 0 Å². The number of fused-ring (bicyclic) bond motifs is 3. The summed E-state index contributed by atoms with van der Waals surface area (Å²) in [6.07, 6.45) is 11.0. The van der Waals surface area contributed by atoms with Crippen LogP contribution in [0.15, 0.2) is 47.6 Å². The number of methoxy groups -OCH3 is 3. The fraction of sp³-hybridized carbons (Fsp3) is 0.725. The van der Waals surface area contributed by atoms with Gasteiger partial charge in [0.2, 0.25) is 5.79 Å². The van der Waals surface area contributed by atoms with E-state index < -0.39 is 83.9 Å². The Bertz CT molecular complexity index is 1800. The summed E-state index contributed by atoms with van der Waals surface area (Å²) in [6.45, 7) is 12.7. The summed E-state index contributed by atoms with van der Waals surface area (Å²) in [5.41, 5.74) is 1.25. The highest BCUT2D eigenvalue weighted by atomic mass is 16.6. The molecule has 14 atom stereocenters. The lowest BCUT2D eigenvalue weighted by molar-refractivity contribution is -0.265. The Morgan fingerprint density at radius 2 is 1.54 bits per heavy atom. The molecule has 65 heavy (non-hydrogen) atoms. The van der Waals surface area contributed by atoms with Crippen molar-refractivity contribution in [2.45, 2.75) is 174 Å². The number of nitrogens with zero attached hydrogens (tertiary/aromatic N) is 1. The van der Waals surface area contributed by atoms with Gasteiger partial charge in [-0.25, -0.2) is 4.79 Å². The third kappa shape index (κ3) is 14.2. The standard InChI is InChI=1S/C51H77NO13/c1-30-16-12-11-13-17-31(2)42(61-8)28-38-21-19-36(7)51(60,65-38)48(57)49(58)52-23-15-14-18-39(52)50(59)64-43(33(4)26-37-20-22-40(53)44(27-37)62-9)29-41(54)32(3)25-35(6)46(56)47(63-10)45(55)34(5)24-30/h11-13,16-17,25,30,32-34,36-39,42-44,46-47,56,60H,14-15,18-24,26-29H2,1-10H3/b13-11+,16-12-,31-17+,35-25+/t30-,32-,33-,34-,36-,37?,38+,39+,42+,43+,44-,46-,47+,51-/m1/s1. The Kier molecular flexibility index (Phi) is 20.7. The summed E-state index contributed by atoms with van der Waals surface area (Å²) in [7, 11) is 4.45. The van der Waals surface area contributed by atoms with Gasteiger partial charge in [-0.1, -0.05) is 71.1 Å². The van der Waals surface area contributed by atoms with Gasteiger partial charge in [0.25, 0.3) is 11.7 Å². The Morgan fingerprint density at radius 3 is 2.22 bits per heavy atom. The number of piperidine rings is 1. The number of Topliss-reactive ketones (excluding diaryl/α,β-unsaturated/α-hetero) is 4. The highest BCUT2D eigenvalue weighted by Crippen LogP contribution is 2.37. The monoisotopic (exact) mass is 912 g/mol. The van der Waals surface area contributed by atoms with Crippen molar-refractivity contribution in [2.24, 2.45) is 35.5 Å². The molecule has 0 aromatic heterocycles. The number of carbonyl (C=O) groups is 6. The molecule has 3 heterocycles. The molecule has 3 aliphatic heterocycles. The van der Waals surface area contributed by atoms with Crippen molar-refractivity contribution in [3.05, 3.63) is 47.6 Å². The number of ether oxygens (including phenoxy) is 5. The number of aliphatic hydroxyl groups excluding tert-OH is 1. The van der Waals surface area contributed by atoms with Gasteiger partial charge in [-0.3, -0.25) is 24.0 Å².